The first-order valence-corrected chi connectivity index (χ1v) is 11.8. The molecule has 0 saturated carbocycles. The second-order valence-corrected chi connectivity index (χ2v) is 8.65. The number of amides is 1. The molecular weight excluding hydrogens is 420 g/mol. The highest BCUT2D eigenvalue weighted by molar-refractivity contribution is 7.99. The Balaban J connectivity index is 1.25. The van der Waals surface area contributed by atoms with E-state index in [9.17, 15) is 4.79 Å². The zero-order valence-electron chi connectivity index (χ0n) is 18.3. The van der Waals surface area contributed by atoms with Crippen LogP contribution in [0, 0.1) is 0 Å². The number of nitrogens with zero attached hydrogens (tertiary/aromatic N) is 2. The van der Waals surface area contributed by atoms with Crippen LogP contribution in [0.25, 0.3) is 0 Å². The van der Waals surface area contributed by atoms with Crippen LogP contribution in [0.5, 0.6) is 11.5 Å². The highest BCUT2D eigenvalue weighted by Gasteiger charge is 2.23. The summed E-state index contributed by atoms with van der Waals surface area (Å²) in [5.41, 5.74) is 1.77. The highest BCUT2D eigenvalue weighted by Crippen LogP contribution is 2.28. The molecule has 0 bridgehead atoms. The minimum absolute atomic E-state index is 0.0656. The molecule has 5 nitrogen and oxygen atoms in total. The summed E-state index contributed by atoms with van der Waals surface area (Å²) >= 11 is 1.77. The molecule has 0 spiro atoms. The first-order chi connectivity index (χ1) is 15.7. The van der Waals surface area contributed by atoms with E-state index in [0.717, 1.165) is 36.0 Å². The largest absolute Gasteiger partial charge is 0.495 e. The van der Waals surface area contributed by atoms with E-state index in [2.05, 4.69) is 23.1 Å². The molecule has 6 heteroatoms. The van der Waals surface area contributed by atoms with E-state index in [0.29, 0.717) is 25.3 Å². The van der Waals surface area contributed by atoms with Gasteiger partial charge in [-0.2, -0.15) is 0 Å². The van der Waals surface area contributed by atoms with Gasteiger partial charge in [-0.3, -0.25) is 4.79 Å². The van der Waals surface area contributed by atoms with Crippen molar-refractivity contribution in [3.8, 4) is 11.5 Å². The molecule has 1 aliphatic rings. The van der Waals surface area contributed by atoms with Crippen molar-refractivity contribution >= 4 is 23.4 Å². The van der Waals surface area contributed by atoms with Crippen molar-refractivity contribution in [3.63, 3.8) is 0 Å². The number of benzene rings is 3. The molecule has 0 unspecified atom stereocenters. The van der Waals surface area contributed by atoms with E-state index < -0.39 is 0 Å². The number of anilines is 1. The zero-order chi connectivity index (χ0) is 22.2. The van der Waals surface area contributed by atoms with Crippen molar-refractivity contribution in [1.82, 2.24) is 4.90 Å². The summed E-state index contributed by atoms with van der Waals surface area (Å²) in [6, 6.07) is 25.8. The van der Waals surface area contributed by atoms with Crippen molar-refractivity contribution < 1.29 is 14.3 Å². The maximum Gasteiger partial charge on any atom is 0.253 e. The Hall–Kier alpha value is -3.12. The van der Waals surface area contributed by atoms with Crippen molar-refractivity contribution in [2.24, 2.45) is 0 Å². The van der Waals surface area contributed by atoms with Crippen molar-refractivity contribution in [1.29, 1.82) is 0 Å². The summed E-state index contributed by atoms with van der Waals surface area (Å²) < 4.78 is 11.3. The molecule has 1 fully saturated rings. The number of methoxy groups -OCH3 is 1. The lowest BCUT2D eigenvalue weighted by Crippen LogP contribution is -2.48. The van der Waals surface area contributed by atoms with Gasteiger partial charge in [-0.25, -0.2) is 0 Å². The van der Waals surface area contributed by atoms with Gasteiger partial charge in [0, 0.05) is 42.4 Å². The lowest BCUT2D eigenvalue weighted by molar-refractivity contribution is 0.0746. The van der Waals surface area contributed by atoms with Crippen LogP contribution in [-0.4, -0.2) is 56.5 Å². The normalized spacial score (nSPS) is 13.7. The van der Waals surface area contributed by atoms with E-state index in [-0.39, 0.29) is 5.91 Å². The molecule has 3 aromatic rings. The number of hydrogen-bond acceptors (Lipinski definition) is 5. The van der Waals surface area contributed by atoms with Crippen molar-refractivity contribution in [2.75, 3.05) is 50.5 Å². The van der Waals surface area contributed by atoms with Gasteiger partial charge in [-0.1, -0.05) is 30.3 Å². The molecular formula is C26H28N2O3S. The van der Waals surface area contributed by atoms with Gasteiger partial charge in [0.1, 0.15) is 11.5 Å². The lowest BCUT2D eigenvalue weighted by atomic mass is 10.1. The first kappa shape index (κ1) is 22.1. The summed E-state index contributed by atoms with van der Waals surface area (Å²) in [6.45, 7) is 3.56. The van der Waals surface area contributed by atoms with Crippen LogP contribution < -0.4 is 14.4 Å². The summed E-state index contributed by atoms with van der Waals surface area (Å²) in [7, 11) is 1.69. The third-order valence-electron chi connectivity index (χ3n) is 5.46. The molecule has 1 heterocycles. The number of piperazine rings is 1. The summed E-state index contributed by atoms with van der Waals surface area (Å²) in [4.78, 5) is 18.4. The Morgan fingerprint density at radius 3 is 2.28 bits per heavy atom. The van der Waals surface area contributed by atoms with Crippen LogP contribution in [0.4, 0.5) is 5.69 Å². The van der Waals surface area contributed by atoms with Crippen LogP contribution in [0.15, 0.2) is 83.8 Å². The Kier molecular flexibility index (Phi) is 7.56. The van der Waals surface area contributed by atoms with Crippen LogP contribution >= 0.6 is 11.8 Å². The number of rotatable bonds is 8. The number of para-hydroxylation sites is 2. The molecule has 32 heavy (non-hydrogen) atoms. The topological polar surface area (TPSA) is 42.0 Å². The highest BCUT2D eigenvalue weighted by atomic mass is 32.2. The van der Waals surface area contributed by atoms with Crippen molar-refractivity contribution in [3.05, 3.63) is 84.4 Å². The average Bonchev–Trinajstić information content (AvgIpc) is 2.87. The van der Waals surface area contributed by atoms with Gasteiger partial charge in [-0.15, -0.1) is 11.8 Å². The maximum absolute atomic E-state index is 12.9. The minimum Gasteiger partial charge on any atom is -0.495 e. The predicted molar refractivity (Wildman–Crippen MR) is 130 cm³/mol. The number of ether oxygens (including phenoxy) is 2. The molecule has 4 rings (SSSR count). The molecule has 0 aromatic heterocycles. The van der Waals surface area contributed by atoms with Gasteiger partial charge >= 0.3 is 0 Å². The van der Waals surface area contributed by atoms with Crippen LogP contribution in [-0.2, 0) is 0 Å². The Bertz CT molecular complexity index is 1000. The summed E-state index contributed by atoms with van der Waals surface area (Å²) in [6.07, 6.45) is 0. The van der Waals surface area contributed by atoms with Gasteiger partial charge in [0.25, 0.3) is 5.91 Å². The van der Waals surface area contributed by atoms with Crippen LogP contribution in [0.3, 0.4) is 0 Å². The monoisotopic (exact) mass is 448 g/mol. The third kappa shape index (κ3) is 5.56. The molecule has 0 atom stereocenters. The van der Waals surface area contributed by atoms with E-state index in [1.807, 2.05) is 65.6 Å². The average molecular weight is 449 g/mol. The minimum atomic E-state index is 0.0656. The van der Waals surface area contributed by atoms with Crippen LogP contribution in [0.2, 0.25) is 0 Å². The van der Waals surface area contributed by atoms with Gasteiger partial charge in [0.05, 0.1) is 19.4 Å². The summed E-state index contributed by atoms with van der Waals surface area (Å²) in [5.74, 6) is 2.60. The fourth-order valence-electron chi connectivity index (χ4n) is 3.75. The standard InChI is InChI=1S/C26H28N2O3S/c1-30-25-10-6-5-9-24(25)27-15-17-28(18-16-27)26(29)21-11-13-22(14-12-21)31-19-20-32-23-7-3-2-4-8-23/h2-14H,15-20H2,1H3. The SMILES string of the molecule is COc1ccccc1N1CCN(C(=O)c2ccc(OCCSc3ccccc3)cc2)CC1. The second-order valence-electron chi connectivity index (χ2n) is 7.49. The molecule has 1 amide bonds. The number of hydrogen-bond donors (Lipinski definition) is 0. The van der Waals surface area contributed by atoms with Gasteiger partial charge in [0.15, 0.2) is 0 Å². The molecule has 3 aromatic carbocycles. The Morgan fingerprint density at radius 1 is 0.875 bits per heavy atom. The quantitative estimate of drug-likeness (QED) is 0.365. The number of thioether (sulfide) groups is 1. The zero-order valence-corrected chi connectivity index (χ0v) is 19.1. The van der Waals surface area contributed by atoms with Crippen LogP contribution in [0.1, 0.15) is 10.4 Å². The van der Waals surface area contributed by atoms with E-state index in [1.54, 1.807) is 18.9 Å². The van der Waals surface area contributed by atoms with Gasteiger partial charge in [-0.05, 0) is 48.5 Å². The van der Waals surface area contributed by atoms with Crippen molar-refractivity contribution in [2.45, 2.75) is 4.90 Å². The lowest BCUT2D eigenvalue weighted by Gasteiger charge is -2.36. The van der Waals surface area contributed by atoms with Gasteiger partial charge in [0.2, 0.25) is 0 Å². The van der Waals surface area contributed by atoms with E-state index >= 15 is 0 Å². The fraction of sp³-hybridized carbons (Fsp3) is 0.269. The number of carbonyl (C=O) groups excluding carboxylic acids is 1. The molecule has 1 aliphatic heterocycles. The number of carbonyl (C=O) groups is 1. The maximum atomic E-state index is 12.9. The first-order valence-electron chi connectivity index (χ1n) is 10.8. The third-order valence-corrected chi connectivity index (χ3v) is 6.43. The Labute approximate surface area is 193 Å². The second kappa shape index (κ2) is 11.0. The molecule has 0 radical (unpaired) electrons. The Morgan fingerprint density at radius 2 is 1.56 bits per heavy atom. The molecule has 0 aliphatic carbocycles. The molecule has 0 N–H and O–H groups in total. The van der Waals surface area contributed by atoms with E-state index in [4.69, 9.17) is 9.47 Å². The fourth-order valence-corrected chi connectivity index (χ4v) is 4.51. The van der Waals surface area contributed by atoms with E-state index in [1.165, 1.54) is 4.90 Å². The summed E-state index contributed by atoms with van der Waals surface area (Å²) in [5, 5.41) is 0. The predicted octanol–water partition coefficient (Wildman–Crippen LogP) is 4.83. The molecule has 1 saturated heterocycles. The smallest absolute Gasteiger partial charge is 0.253 e. The molecule has 166 valence electrons. The van der Waals surface area contributed by atoms with Gasteiger partial charge < -0.3 is 19.3 Å².